The van der Waals surface area contributed by atoms with E-state index in [1.165, 1.54) is 0 Å². The minimum absolute atomic E-state index is 0.580. The Morgan fingerprint density at radius 3 is 2.07 bits per heavy atom. The molecule has 0 saturated heterocycles. The van der Waals surface area contributed by atoms with E-state index in [-0.39, 0.29) is 0 Å². The minimum Gasteiger partial charge on any atom is -0.166 e. The van der Waals surface area contributed by atoms with Gasteiger partial charge in [0, 0.05) is 0 Å². The maximum absolute atomic E-state index is 12.2. The van der Waals surface area contributed by atoms with Gasteiger partial charge in [-0.1, -0.05) is 31.9 Å². The molecule has 0 heterocycles. The van der Waals surface area contributed by atoms with Crippen LogP contribution in [0.25, 0.3) is 0 Å². The second-order valence-electron chi connectivity index (χ2n) is 3.51. The molecule has 83 valence electrons. The fourth-order valence-corrected chi connectivity index (χ4v) is 1.37. The molecule has 0 spiro atoms. The Labute approximate surface area is 88.1 Å². The molecule has 0 N–H and O–H groups in total. The summed E-state index contributed by atoms with van der Waals surface area (Å²) < 4.78 is 36.7. The summed E-state index contributed by atoms with van der Waals surface area (Å²) in [5, 5.41) is 0. The molecule has 0 aliphatic carbocycles. The van der Waals surface area contributed by atoms with Gasteiger partial charge in [-0.15, -0.1) is 0 Å². The maximum atomic E-state index is 12.2. The van der Waals surface area contributed by atoms with Crippen LogP contribution >= 0.6 is 0 Å². The quantitative estimate of drug-likeness (QED) is 0.658. The SMILES string of the molecule is [CH2]CCCCc1ccc(C(F)(F)F)cc1. The topological polar surface area (TPSA) is 0 Å². The largest absolute Gasteiger partial charge is 0.416 e. The molecule has 0 bridgehead atoms. The summed E-state index contributed by atoms with van der Waals surface area (Å²) in [5.74, 6) is 0. The van der Waals surface area contributed by atoms with Crippen molar-refractivity contribution in [2.75, 3.05) is 0 Å². The van der Waals surface area contributed by atoms with Gasteiger partial charge < -0.3 is 0 Å². The number of aryl methyl sites for hydroxylation is 1. The van der Waals surface area contributed by atoms with Crippen LogP contribution < -0.4 is 0 Å². The Hall–Kier alpha value is -0.990. The van der Waals surface area contributed by atoms with Crippen LogP contribution in [0.4, 0.5) is 13.2 Å². The molecule has 0 aliphatic rings. The van der Waals surface area contributed by atoms with Crippen LogP contribution in [0.2, 0.25) is 0 Å². The van der Waals surface area contributed by atoms with E-state index in [0.29, 0.717) is 0 Å². The predicted octanol–water partition coefficient (Wildman–Crippen LogP) is 4.25. The Morgan fingerprint density at radius 1 is 1.00 bits per heavy atom. The number of unbranched alkanes of at least 4 members (excludes halogenated alkanes) is 2. The zero-order chi connectivity index (χ0) is 11.3. The lowest BCUT2D eigenvalue weighted by Crippen LogP contribution is -2.04. The number of benzene rings is 1. The van der Waals surface area contributed by atoms with E-state index in [9.17, 15) is 13.2 Å². The third kappa shape index (κ3) is 3.94. The van der Waals surface area contributed by atoms with Crippen molar-refractivity contribution in [2.45, 2.75) is 31.9 Å². The zero-order valence-corrected chi connectivity index (χ0v) is 8.48. The summed E-state index contributed by atoms with van der Waals surface area (Å²) >= 11 is 0. The molecule has 1 radical (unpaired) electrons. The van der Waals surface area contributed by atoms with E-state index in [4.69, 9.17) is 0 Å². The highest BCUT2D eigenvalue weighted by Crippen LogP contribution is 2.29. The summed E-state index contributed by atoms with van der Waals surface area (Å²) in [5.41, 5.74) is 0.375. The minimum atomic E-state index is -4.23. The molecule has 0 saturated carbocycles. The van der Waals surface area contributed by atoms with Crippen molar-refractivity contribution in [1.82, 2.24) is 0 Å². The van der Waals surface area contributed by atoms with Gasteiger partial charge in [0.2, 0.25) is 0 Å². The molecular weight excluding hydrogens is 201 g/mol. The van der Waals surface area contributed by atoms with Gasteiger partial charge in [0.1, 0.15) is 0 Å². The van der Waals surface area contributed by atoms with E-state index in [1.807, 2.05) is 0 Å². The molecule has 0 unspecified atom stereocenters. The smallest absolute Gasteiger partial charge is 0.166 e. The van der Waals surface area contributed by atoms with Gasteiger partial charge in [-0.25, -0.2) is 0 Å². The number of hydrogen-bond acceptors (Lipinski definition) is 0. The Balaban J connectivity index is 2.57. The number of alkyl halides is 3. The molecule has 0 nitrogen and oxygen atoms in total. The normalized spacial score (nSPS) is 11.7. The van der Waals surface area contributed by atoms with Crippen molar-refractivity contribution in [3.05, 3.63) is 42.3 Å². The van der Waals surface area contributed by atoms with Crippen molar-refractivity contribution in [3.8, 4) is 0 Å². The van der Waals surface area contributed by atoms with E-state index in [2.05, 4.69) is 6.92 Å². The van der Waals surface area contributed by atoms with Gasteiger partial charge in [0.15, 0.2) is 0 Å². The van der Waals surface area contributed by atoms with E-state index >= 15 is 0 Å². The first-order valence-corrected chi connectivity index (χ1v) is 4.99. The first-order valence-electron chi connectivity index (χ1n) is 4.99. The van der Waals surface area contributed by atoms with Gasteiger partial charge in [0.25, 0.3) is 0 Å². The van der Waals surface area contributed by atoms with E-state index in [1.54, 1.807) is 12.1 Å². The summed E-state index contributed by atoms with van der Waals surface area (Å²) in [6.07, 6.45) is -0.532. The molecule has 1 rings (SSSR count). The summed E-state index contributed by atoms with van der Waals surface area (Å²) in [6, 6.07) is 5.37. The second-order valence-corrected chi connectivity index (χ2v) is 3.51. The van der Waals surface area contributed by atoms with Crippen LogP contribution in [0.15, 0.2) is 24.3 Å². The first kappa shape index (κ1) is 12.1. The predicted molar refractivity (Wildman–Crippen MR) is 54.4 cm³/mol. The van der Waals surface area contributed by atoms with Crippen molar-refractivity contribution in [3.63, 3.8) is 0 Å². The molecule has 0 amide bonds. The number of rotatable bonds is 4. The summed E-state index contributed by atoms with van der Waals surface area (Å²) in [4.78, 5) is 0. The van der Waals surface area contributed by atoms with Gasteiger partial charge in [0.05, 0.1) is 5.56 Å². The van der Waals surface area contributed by atoms with Crippen LogP contribution in [0.1, 0.15) is 30.4 Å². The highest BCUT2D eigenvalue weighted by Gasteiger charge is 2.29. The van der Waals surface area contributed by atoms with Crippen molar-refractivity contribution in [2.24, 2.45) is 0 Å². The van der Waals surface area contributed by atoms with E-state index in [0.717, 1.165) is 43.4 Å². The Bertz CT molecular complexity index is 285. The summed E-state index contributed by atoms with van der Waals surface area (Å²) in [6.45, 7) is 3.71. The Kier molecular flexibility index (Phi) is 4.18. The molecule has 1 aromatic carbocycles. The molecule has 0 atom stereocenters. The van der Waals surface area contributed by atoms with Crippen LogP contribution in [-0.4, -0.2) is 0 Å². The maximum Gasteiger partial charge on any atom is 0.416 e. The standard InChI is InChI=1S/C12H14F3/c1-2-3-4-5-10-6-8-11(9-7-10)12(13,14)15/h6-9H,1-5H2. The second kappa shape index (κ2) is 5.19. The third-order valence-electron chi connectivity index (χ3n) is 2.25. The fraction of sp³-hybridized carbons (Fsp3) is 0.417. The fourth-order valence-electron chi connectivity index (χ4n) is 1.37. The Morgan fingerprint density at radius 2 is 1.60 bits per heavy atom. The van der Waals surface area contributed by atoms with Crippen molar-refractivity contribution < 1.29 is 13.2 Å². The van der Waals surface area contributed by atoms with Gasteiger partial charge >= 0.3 is 6.18 Å². The van der Waals surface area contributed by atoms with Crippen molar-refractivity contribution in [1.29, 1.82) is 0 Å². The third-order valence-corrected chi connectivity index (χ3v) is 2.25. The highest BCUT2D eigenvalue weighted by atomic mass is 19.4. The average molecular weight is 215 g/mol. The van der Waals surface area contributed by atoms with Crippen LogP contribution in [-0.2, 0) is 12.6 Å². The molecule has 0 aliphatic heterocycles. The average Bonchev–Trinajstić information content (AvgIpc) is 2.18. The molecule has 1 aromatic rings. The van der Waals surface area contributed by atoms with Gasteiger partial charge in [-0.3, -0.25) is 0 Å². The van der Waals surface area contributed by atoms with Crippen LogP contribution in [0, 0.1) is 6.92 Å². The first-order chi connectivity index (χ1) is 7.04. The van der Waals surface area contributed by atoms with Crippen LogP contribution in [0.5, 0.6) is 0 Å². The number of halogens is 3. The van der Waals surface area contributed by atoms with E-state index < -0.39 is 11.7 Å². The van der Waals surface area contributed by atoms with Crippen molar-refractivity contribution >= 4 is 0 Å². The lowest BCUT2D eigenvalue weighted by atomic mass is 10.1. The van der Waals surface area contributed by atoms with Crippen LogP contribution in [0.3, 0.4) is 0 Å². The molecule has 0 fully saturated rings. The molecule has 15 heavy (non-hydrogen) atoms. The monoisotopic (exact) mass is 215 g/mol. The summed E-state index contributed by atoms with van der Waals surface area (Å²) in [7, 11) is 0. The number of hydrogen-bond donors (Lipinski definition) is 0. The van der Waals surface area contributed by atoms with Gasteiger partial charge in [-0.05, 0) is 30.5 Å². The molecule has 0 aromatic heterocycles. The highest BCUT2D eigenvalue weighted by molar-refractivity contribution is 5.24. The molecule has 3 heteroatoms. The van der Waals surface area contributed by atoms with Gasteiger partial charge in [-0.2, -0.15) is 13.2 Å². The lowest BCUT2D eigenvalue weighted by molar-refractivity contribution is -0.137. The lowest BCUT2D eigenvalue weighted by Gasteiger charge is -2.07. The zero-order valence-electron chi connectivity index (χ0n) is 8.48. The molecular formula is C12H14F3.